The Morgan fingerprint density at radius 2 is 1.94 bits per heavy atom. The van der Waals surface area contributed by atoms with Gasteiger partial charge in [-0.05, 0) is 37.1 Å². The van der Waals surface area contributed by atoms with Crippen molar-refractivity contribution in [3.05, 3.63) is 65.5 Å². The van der Waals surface area contributed by atoms with E-state index < -0.39 is 0 Å². The van der Waals surface area contributed by atoms with Crippen molar-refractivity contribution >= 4 is 17.8 Å². The molecule has 0 radical (unpaired) electrons. The lowest BCUT2D eigenvalue weighted by Gasteiger charge is -2.36. The van der Waals surface area contributed by atoms with E-state index in [4.69, 9.17) is 0 Å². The minimum Gasteiger partial charge on any atom is -0.348 e. The number of likely N-dealkylation sites (tertiary alicyclic amines) is 1. The summed E-state index contributed by atoms with van der Waals surface area (Å²) in [4.78, 5) is 45.4. The predicted molar refractivity (Wildman–Crippen MR) is 115 cm³/mol. The Morgan fingerprint density at radius 3 is 2.71 bits per heavy atom. The highest BCUT2D eigenvalue weighted by atomic mass is 16.2. The van der Waals surface area contributed by atoms with Gasteiger partial charge in [0.1, 0.15) is 0 Å². The van der Waals surface area contributed by atoms with Gasteiger partial charge >= 0.3 is 6.03 Å². The van der Waals surface area contributed by atoms with Gasteiger partial charge in [-0.15, -0.1) is 0 Å². The first-order valence-electron chi connectivity index (χ1n) is 10.7. The van der Waals surface area contributed by atoms with E-state index in [0.717, 1.165) is 31.4 Å². The Morgan fingerprint density at radius 1 is 1.10 bits per heavy atom. The molecular formula is C23H27N5O3. The summed E-state index contributed by atoms with van der Waals surface area (Å²) >= 11 is 0. The second-order valence-electron chi connectivity index (χ2n) is 7.86. The fraction of sp³-hybridized carbons (Fsp3) is 0.391. The maximum atomic E-state index is 13.0. The van der Waals surface area contributed by atoms with Gasteiger partial charge in [0, 0.05) is 25.8 Å². The van der Waals surface area contributed by atoms with Crippen LogP contribution in [0.15, 0.2) is 48.7 Å². The van der Waals surface area contributed by atoms with Crippen molar-refractivity contribution in [2.24, 2.45) is 0 Å². The van der Waals surface area contributed by atoms with Gasteiger partial charge in [-0.2, -0.15) is 0 Å². The molecule has 2 aromatic rings. The molecule has 2 N–H and O–H groups in total. The van der Waals surface area contributed by atoms with E-state index in [0.29, 0.717) is 30.9 Å². The Hall–Kier alpha value is -3.26. The number of nitrogens with one attached hydrogen (secondary N) is 2. The Bertz CT molecular complexity index is 949. The van der Waals surface area contributed by atoms with Crippen LogP contribution in [0.2, 0.25) is 0 Å². The van der Waals surface area contributed by atoms with Gasteiger partial charge in [-0.3, -0.25) is 24.4 Å². The van der Waals surface area contributed by atoms with Gasteiger partial charge in [-0.1, -0.05) is 36.8 Å². The normalized spacial score (nSPS) is 19.2. The lowest BCUT2D eigenvalue weighted by Crippen LogP contribution is -2.45. The number of pyridine rings is 1. The molecule has 1 aromatic heterocycles. The summed E-state index contributed by atoms with van der Waals surface area (Å²) in [5.41, 5.74) is 2.24. The number of carbonyl (C=O) groups is 3. The summed E-state index contributed by atoms with van der Waals surface area (Å²) < 4.78 is 0. The molecule has 0 spiro atoms. The van der Waals surface area contributed by atoms with E-state index in [1.807, 2.05) is 35.2 Å². The number of carbonyl (C=O) groups excluding carboxylic acids is 3. The van der Waals surface area contributed by atoms with Crippen LogP contribution >= 0.6 is 0 Å². The predicted octanol–water partition coefficient (Wildman–Crippen LogP) is 2.09. The molecule has 3 heterocycles. The molecule has 2 aliphatic heterocycles. The zero-order valence-electron chi connectivity index (χ0n) is 17.4. The van der Waals surface area contributed by atoms with Gasteiger partial charge < -0.3 is 10.6 Å². The summed E-state index contributed by atoms with van der Waals surface area (Å²) in [6.07, 6.45) is 4.47. The van der Waals surface area contributed by atoms with Crippen molar-refractivity contribution in [1.82, 2.24) is 25.4 Å². The fourth-order valence-electron chi connectivity index (χ4n) is 4.21. The zero-order valence-corrected chi connectivity index (χ0v) is 17.4. The van der Waals surface area contributed by atoms with E-state index in [1.54, 1.807) is 18.3 Å². The number of rotatable bonds is 6. The molecule has 2 aliphatic rings. The van der Waals surface area contributed by atoms with Gasteiger partial charge in [0.2, 0.25) is 5.91 Å². The van der Waals surface area contributed by atoms with Gasteiger partial charge in [0.25, 0.3) is 5.91 Å². The second-order valence-corrected chi connectivity index (χ2v) is 7.86. The first kappa shape index (κ1) is 21.0. The highest BCUT2D eigenvalue weighted by molar-refractivity contribution is 5.97. The van der Waals surface area contributed by atoms with Crippen LogP contribution in [-0.4, -0.2) is 58.8 Å². The third kappa shape index (κ3) is 4.91. The van der Waals surface area contributed by atoms with Crippen LogP contribution in [-0.2, 0) is 11.3 Å². The fourth-order valence-corrected chi connectivity index (χ4v) is 4.21. The highest BCUT2D eigenvalue weighted by Crippen LogP contribution is 2.31. The van der Waals surface area contributed by atoms with E-state index in [9.17, 15) is 14.4 Å². The topological polar surface area (TPSA) is 94.6 Å². The summed E-state index contributed by atoms with van der Waals surface area (Å²) in [6, 6.07) is 12.8. The van der Waals surface area contributed by atoms with E-state index in [2.05, 4.69) is 15.6 Å². The monoisotopic (exact) mass is 421 g/mol. The number of hydrogen-bond donors (Lipinski definition) is 2. The van der Waals surface area contributed by atoms with Crippen molar-refractivity contribution in [1.29, 1.82) is 0 Å². The summed E-state index contributed by atoms with van der Waals surface area (Å²) in [6.45, 7) is 2.19. The molecule has 0 bridgehead atoms. The molecule has 2 fully saturated rings. The van der Waals surface area contributed by atoms with Gasteiger partial charge in [0.15, 0.2) is 0 Å². The number of hydrogen-bond acceptors (Lipinski definition) is 5. The average Bonchev–Trinajstić information content (AvgIpc) is 3.24. The molecule has 4 rings (SSSR count). The van der Waals surface area contributed by atoms with Crippen LogP contribution in [0.3, 0.4) is 0 Å². The molecule has 4 amide bonds. The van der Waals surface area contributed by atoms with Crippen LogP contribution in [0, 0.1) is 0 Å². The Labute approximate surface area is 181 Å². The molecule has 0 saturated carbocycles. The minimum atomic E-state index is -0.336. The van der Waals surface area contributed by atoms with Crippen molar-refractivity contribution < 1.29 is 14.4 Å². The molecule has 31 heavy (non-hydrogen) atoms. The zero-order chi connectivity index (χ0) is 21.6. The minimum absolute atomic E-state index is 0.137. The summed E-state index contributed by atoms with van der Waals surface area (Å²) in [7, 11) is 0. The van der Waals surface area contributed by atoms with Crippen molar-refractivity contribution in [2.75, 3.05) is 26.2 Å². The lowest BCUT2D eigenvalue weighted by atomic mass is 9.95. The summed E-state index contributed by atoms with van der Waals surface area (Å²) in [5.74, 6) is -0.393. The van der Waals surface area contributed by atoms with Crippen LogP contribution < -0.4 is 10.6 Å². The molecule has 1 aromatic carbocycles. The Balaban J connectivity index is 1.49. The van der Waals surface area contributed by atoms with Crippen LogP contribution in [0.1, 0.15) is 46.9 Å². The van der Waals surface area contributed by atoms with Crippen molar-refractivity contribution in [3.8, 4) is 0 Å². The number of piperidine rings is 1. The number of imide groups is 1. The maximum absolute atomic E-state index is 13.0. The molecule has 1 atom stereocenters. The van der Waals surface area contributed by atoms with E-state index in [1.165, 1.54) is 4.90 Å². The largest absolute Gasteiger partial charge is 0.348 e. The molecular weight excluding hydrogens is 394 g/mol. The molecule has 0 aliphatic carbocycles. The first-order valence-corrected chi connectivity index (χ1v) is 10.7. The molecule has 8 nitrogen and oxygen atoms in total. The van der Waals surface area contributed by atoms with Crippen LogP contribution in [0.25, 0.3) is 0 Å². The maximum Gasteiger partial charge on any atom is 0.324 e. The lowest BCUT2D eigenvalue weighted by molar-refractivity contribution is -0.129. The number of amides is 4. The SMILES string of the molecule is O=C(NCc1ccccc1)c1cccnc1C1CCCCN1CC(=O)N1CCNC1=O. The highest BCUT2D eigenvalue weighted by Gasteiger charge is 2.33. The molecule has 162 valence electrons. The quantitative estimate of drug-likeness (QED) is 0.745. The standard InChI is InChI=1S/C23H27N5O3/c29-20(28-14-12-25-23(28)31)16-27-13-5-4-10-19(27)21-18(9-6-11-24-21)22(30)26-15-17-7-2-1-3-8-17/h1-3,6-9,11,19H,4-5,10,12-16H2,(H,25,31)(H,26,30). The van der Waals surface area contributed by atoms with Crippen LogP contribution in [0.5, 0.6) is 0 Å². The van der Waals surface area contributed by atoms with Gasteiger partial charge in [-0.25, -0.2) is 4.79 Å². The number of urea groups is 1. The second kappa shape index (κ2) is 9.70. The number of benzene rings is 1. The molecule has 1 unspecified atom stereocenters. The van der Waals surface area contributed by atoms with Gasteiger partial charge in [0.05, 0.1) is 23.8 Å². The third-order valence-corrected chi connectivity index (χ3v) is 5.80. The number of nitrogens with zero attached hydrogens (tertiary/aromatic N) is 3. The third-order valence-electron chi connectivity index (χ3n) is 5.80. The molecule has 8 heteroatoms. The first-order chi connectivity index (χ1) is 15.1. The summed E-state index contributed by atoms with van der Waals surface area (Å²) in [5, 5.41) is 5.64. The molecule has 2 saturated heterocycles. The number of aromatic nitrogens is 1. The van der Waals surface area contributed by atoms with E-state index >= 15 is 0 Å². The van der Waals surface area contributed by atoms with Crippen LogP contribution in [0.4, 0.5) is 4.79 Å². The van der Waals surface area contributed by atoms with E-state index in [-0.39, 0.29) is 30.4 Å². The average molecular weight is 422 g/mol. The van der Waals surface area contributed by atoms with Crippen molar-refractivity contribution in [3.63, 3.8) is 0 Å². The smallest absolute Gasteiger partial charge is 0.324 e. The Kier molecular flexibility index (Phi) is 6.57. The van der Waals surface area contributed by atoms with Crippen molar-refractivity contribution in [2.45, 2.75) is 31.8 Å².